The molecule has 0 heterocycles. The molecule has 96 valence electrons. The number of halogens is 1. The van der Waals surface area contributed by atoms with E-state index < -0.39 is 15.8 Å². The topological polar surface area (TPSA) is 46.6 Å². The first-order valence-electron chi connectivity index (χ1n) is 5.19. The summed E-state index contributed by atoms with van der Waals surface area (Å²) in [7, 11) is -0.467. The van der Waals surface area contributed by atoms with Crippen LogP contribution in [-0.4, -0.2) is 40.0 Å². The van der Waals surface area contributed by atoms with Crippen LogP contribution in [0.25, 0.3) is 0 Å². The summed E-state index contributed by atoms with van der Waals surface area (Å²) in [6.07, 6.45) is 0.618. The molecule has 4 nitrogen and oxygen atoms in total. The third kappa shape index (κ3) is 3.76. The second kappa shape index (κ2) is 6.09. The predicted molar refractivity (Wildman–Crippen MR) is 62.7 cm³/mol. The van der Waals surface area contributed by atoms with Crippen molar-refractivity contribution < 1.29 is 17.5 Å². The van der Waals surface area contributed by atoms with E-state index in [-0.39, 0.29) is 4.90 Å². The molecular weight excluding hydrogens is 245 g/mol. The third-order valence-electron chi connectivity index (χ3n) is 2.34. The van der Waals surface area contributed by atoms with E-state index in [9.17, 15) is 12.8 Å². The Morgan fingerprint density at radius 3 is 2.41 bits per heavy atom. The van der Waals surface area contributed by atoms with Crippen LogP contribution in [0.4, 0.5) is 4.39 Å². The molecule has 0 saturated carbocycles. The van der Waals surface area contributed by atoms with E-state index >= 15 is 0 Å². The van der Waals surface area contributed by atoms with Crippen LogP contribution < -0.4 is 0 Å². The van der Waals surface area contributed by atoms with E-state index in [1.165, 1.54) is 23.5 Å². The van der Waals surface area contributed by atoms with Gasteiger partial charge in [-0.3, -0.25) is 0 Å². The van der Waals surface area contributed by atoms with Crippen molar-refractivity contribution in [2.24, 2.45) is 0 Å². The monoisotopic (exact) mass is 261 g/mol. The first-order valence-corrected chi connectivity index (χ1v) is 6.63. The molecule has 0 spiro atoms. The average molecular weight is 261 g/mol. The standard InChI is InChI=1S/C11H16FNO3S/c1-13(8-3-9-16-2)17(14,15)11-6-4-10(12)5-7-11/h4-7H,3,8-9H2,1-2H3. The van der Waals surface area contributed by atoms with Crippen LogP contribution in [-0.2, 0) is 14.8 Å². The number of benzene rings is 1. The van der Waals surface area contributed by atoms with Gasteiger partial charge < -0.3 is 4.74 Å². The lowest BCUT2D eigenvalue weighted by Gasteiger charge is -2.16. The Bertz CT molecular complexity index is 444. The third-order valence-corrected chi connectivity index (χ3v) is 4.21. The lowest BCUT2D eigenvalue weighted by molar-refractivity contribution is 0.189. The highest BCUT2D eigenvalue weighted by atomic mass is 32.2. The van der Waals surface area contributed by atoms with Crippen LogP contribution >= 0.6 is 0 Å². The maximum absolute atomic E-state index is 12.7. The zero-order valence-electron chi connectivity index (χ0n) is 9.89. The fourth-order valence-corrected chi connectivity index (χ4v) is 2.55. The van der Waals surface area contributed by atoms with Crippen molar-refractivity contribution >= 4 is 10.0 Å². The Morgan fingerprint density at radius 1 is 1.29 bits per heavy atom. The average Bonchev–Trinajstić information content (AvgIpc) is 2.29. The van der Waals surface area contributed by atoms with Gasteiger partial charge in [0, 0.05) is 27.3 Å². The second-order valence-electron chi connectivity index (χ2n) is 3.63. The Kier molecular flexibility index (Phi) is 5.04. The predicted octanol–water partition coefficient (Wildman–Crippen LogP) is 1.48. The molecule has 0 fully saturated rings. The molecule has 1 rings (SSSR count). The summed E-state index contributed by atoms with van der Waals surface area (Å²) < 4.78 is 42.8. The molecule has 0 bridgehead atoms. The fourth-order valence-electron chi connectivity index (χ4n) is 1.34. The summed E-state index contributed by atoms with van der Waals surface area (Å²) in [5, 5.41) is 0. The van der Waals surface area contributed by atoms with Crippen LogP contribution in [0.15, 0.2) is 29.2 Å². The number of hydrogen-bond acceptors (Lipinski definition) is 3. The molecule has 0 aliphatic rings. The molecule has 0 aliphatic carbocycles. The Morgan fingerprint density at radius 2 is 1.88 bits per heavy atom. The normalized spacial score (nSPS) is 12.0. The quantitative estimate of drug-likeness (QED) is 0.729. The highest BCUT2D eigenvalue weighted by Crippen LogP contribution is 2.14. The fraction of sp³-hybridized carbons (Fsp3) is 0.455. The molecule has 0 aliphatic heterocycles. The maximum Gasteiger partial charge on any atom is 0.242 e. The largest absolute Gasteiger partial charge is 0.385 e. The van der Waals surface area contributed by atoms with Gasteiger partial charge in [-0.1, -0.05) is 0 Å². The van der Waals surface area contributed by atoms with Gasteiger partial charge in [0.15, 0.2) is 0 Å². The van der Waals surface area contributed by atoms with Crippen molar-refractivity contribution in [1.82, 2.24) is 4.31 Å². The minimum Gasteiger partial charge on any atom is -0.385 e. The van der Waals surface area contributed by atoms with Gasteiger partial charge in [-0.2, -0.15) is 0 Å². The van der Waals surface area contributed by atoms with Crippen molar-refractivity contribution in [2.75, 3.05) is 27.3 Å². The van der Waals surface area contributed by atoms with Gasteiger partial charge in [0.1, 0.15) is 5.82 Å². The summed E-state index contributed by atoms with van der Waals surface area (Å²) in [5.74, 6) is -0.453. The second-order valence-corrected chi connectivity index (χ2v) is 5.67. The SMILES string of the molecule is COCCCN(C)S(=O)(=O)c1ccc(F)cc1. The van der Waals surface area contributed by atoms with Gasteiger partial charge in [0.05, 0.1) is 4.90 Å². The Hall–Kier alpha value is -0.980. The van der Waals surface area contributed by atoms with Crippen LogP contribution in [0, 0.1) is 5.82 Å². The minimum absolute atomic E-state index is 0.0961. The lowest BCUT2D eigenvalue weighted by Crippen LogP contribution is -2.28. The summed E-state index contributed by atoms with van der Waals surface area (Å²) >= 11 is 0. The molecule has 0 aromatic heterocycles. The first kappa shape index (κ1) is 14.1. The molecule has 1 aromatic rings. The first-order chi connectivity index (χ1) is 7.98. The molecule has 0 atom stereocenters. The summed E-state index contributed by atoms with van der Waals surface area (Å²) in [5.41, 5.74) is 0. The molecular formula is C11H16FNO3S. The van der Waals surface area contributed by atoms with Crippen LogP contribution in [0.2, 0.25) is 0 Å². The van der Waals surface area contributed by atoms with Gasteiger partial charge in [0.2, 0.25) is 10.0 Å². The van der Waals surface area contributed by atoms with Gasteiger partial charge in [0.25, 0.3) is 0 Å². The van der Waals surface area contributed by atoms with E-state index in [1.54, 1.807) is 7.11 Å². The highest BCUT2D eigenvalue weighted by Gasteiger charge is 2.19. The van der Waals surface area contributed by atoms with Crippen molar-refractivity contribution in [2.45, 2.75) is 11.3 Å². The van der Waals surface area contributed by atoms with E-state index in [0.29, 0.717) is 19.6 Å². The number of hydrogen-bond donors (Lipinski definition) is 0. The number of rotatable bonds is 6. The van der Waals surface area contributed by atoms with E-state index in [1.807, 2.05) is 0 Å². The summed E-state index contributed by atoms with van der Waals surface area (Å²) in [6.45, 7) is 0.872. The zero-order valence-corrected chi connectivity index (χ0v) is 10.7. The van der Waals surface area contributed by atoms with Crippen molar-refractivity contribution in [3.8, 4) is 0 Å². The van der Waals surface area contributed by atoms with Crippen molar-refractivity contribution in [3.63, 3.8) is 0 Å². The van der Waals surface area contributed by atoms with Gasteiger partial charge in [-0.25, -0.2) is 17.1 Å². The number of sulfonamides is 1. The number of nitrogens with zero attached hydrogens (tertiary/aromatic N) is 1. The molecule has 17 heavy (non-hydrogen) atoms. The summed E-state index contributed by atoms with van der Waals surface area (Å²) in [4.78, 5) is 0.0961. The molecule has 0 N–H and O–H groups in total. The maximum atomic E-state index is 12.7. The Balaban J connectivity index is 2.76. The smallest absolute Gasteiger partial charge is 0.242 e. The molecule has 0 unspecified atom stereocenters. The number of ether oxygens (including phenoxy) is 1. The Labute approximate surface area is 101 Å². The molecule has 0 radical (unpaired) electrons. The highest BCUT2D eigenvalue weighted by molar-refractivity contribution is 7.89. The lowest BCUT2D eigenvalue weighted by atomic mass is 10.4. The molecule has 1 aromatic carbocycles. The minimum atomic E-state index is -3.53. The zero-order chi connectivity index (χ0) is 12.9. The van der Waals surface area contributed by atoms with E-state index in [0.717, 1.165) is 12.1 Å². The number of methoxy groups -OCH3 is 1. The van der Waals surface area contributed by atoms with Crippen molar-refractivity contribution in [3.05, 3.63) is 30.1 Å². The van der Waals surface area contributed by atoms with Crippen LogP contribution in [0.5, 0.6) is 0 Å². The molecule has 0 amide bonds. The van der Waals surface area contributed by atoms with Gasteiger partial charge in [-0.05, 0) is 30.7 Å². The molecule has 0 saturated heterocycles. The van der Waals surface area contributed by atoms with Crippen LogP contribution in [0.3, 0.4) is 0 Å². The summed E-state index contributed by atoms with van der Waals surface area (Å²) in [6, 6.07) is 4.79. The van der Waals surface area contributed by atoms with E-state index in [4.69, 9.17) is 4.74 Å². The van der Waals surface area contributed by atoms with Gasteiger partial charge in [-0.15, -0.1) is 0 Å². The van der Waals surface area contributed by atoms with E-state index in [2.05, 4.69) is 0 Å². The molecule has 6 heteroatoms. The van der Waals surface area contributed by atoms with Crippen LogP contribution in [0.1, 0.15) is 6.42 Å². The van der Waals surface area contributed by atoms with Crippen molar-refractivity contribution in [1.29, 1.82) is 0 Å². The van der Waals surface area contributed by atoms with Gasteiger partial charge >= 0.3 is 0 Å².